The highest BCUT2D eigenvalue weighted by Gasteiger charge is 2.31. The predicted molar refractivity (Wildman–Crippen MR) is 67.4 cm³/mol. The molecular formula is C11H13Cl2F3N2O. The minimum absolute atomic E-state index is 0.0788. The van der Waals surface area contributed by atoms with Gasteiger partial charge in [-0.15, -0.1) is 0 Å². The highest BCUT2D eigenvalue weighted by atomic mass is 35.5. The molecule has 0 saturated heterocycles. The van der Waals surface area contributed by atoms with Gasteiger partial charge in [-0.25, -0.2) is 4.98 Å². The third-order valence-corrected chi connectivity index (χ3v) is 3.00. The topological polar surface area (TPSA) is 36.4 Å². The van der Waals surface area contributed by atoms with Crippen LogP contribution in [0.1, 0.15) is 11.3 Å². The fraction of sp³-hybridized carbons (Fsp3) is 0.545. The minimum atomic E-state index is -4.35. The van der Waals surface area contributed by atoms with Crippen molar-refractivity contribution in [2.24, 2.45) is 0 Å². The average Bonchev–Trinajstić information content (AvgIpc) is 2.21. The molecule has 0 aromatic carbocycles. The lowest BCUT2D eigenvalue weighted by Gasteiger charge is -2.23. The highest BCUT2D eigenvalue weighted by Crippen LogP contribution is 2.26. The van der Waals surface area contributed by atoms with Crippen molar-refractivity contribution in [1.82, 2.24) is 9.88 Å². The number of pyridine rings is 1. The van der Waals surface area contributed by atoms with Gasteiger partial charge >= 0.3 is 6.18 Å². The number of hydrogen-bond donors (Lipinski definition) is 1. The number of nitrogens with zero attached hydrogens (tertiary/aromatic N) is 2. The lowest BCUT2D eigenvalue weighted by atomic mass is 10.2. The first-order valence-corrected chi connectivity index (χ1v) is 6.20. The summed E-state index contributed by atoms with van der Waals surface area (Å²) in [6.45, 7) is -0.0908. The van der Waals surface area contributed by atoms with Crippen molar-refractivity contribution in [1.29, 1.82) is 0 Å². The number of hydrogen-bond acceptors (Lipinski definition) is 3. The first-order valence-electron chi connectivity index (χ1n) is 5.44. The zero-order chi connectivity index (χ0) is 14.6. The fourth-order valence-electron chi connectivity index (χ4n) is 1.60. The maximum atomic E-state index is 12.4. The van der Waals surface area contributed by atoms with Gasteiger partial charge in [-0.1, -0.05) is 23.2 Å². The van der Waals surface area contributed by atoms with E-state index in [1.165, 1.54) is 6.07 Å². The number of rotatable bonds is 5. The molecule has 1 N–H and O–H groups in total. The molecule has 0 aliphatic rings. The number of aryl methyl sites for hydroxylation is 1. The molecule has 0 atom stereocenters. The second-order valence-corrected chi connectivity index (χ2v) is 4.83. The summed E-state index contributed by atoms with van der Waals surface area (Å²) in [7, 11) is 0. The summed E-state index contributed by atoms with van der Waals surface area (Å²) in [4.78, 5) is 4.97. The van der Waals surface area contributed by atoms with E-state index >= 15 is 0 Å². The number of halogens is 5. The van der Waals surface area contributed by atoms with E-state index in [0.29, 0.717) is 11.3 Å². The zero-order valence-electron chi connectivity index (χ0n) is 10.1. The molecule has 0 spiro atoms. The molecule has 1 heterocycles. The Balaban J connectivity index is 2.90. The van der Waals surface area contributed by atoms with Crippen LogP contribution in [0.2, 0.25) is 10.2 Å². The first kappa shape index (κ1) is 16.5. The maximum absolute atomic E-state index is 12.4. The standard InChI is InChI=1S/C11H13Cl2F3N2O/c1-7-4-9(12)8(10(13)17-7)5-18(2-3-19)6-11(14,15)16/h4,19H,2-3,5-6H2,1H3. The molecule has 1 aromatic heterocycles. The van der Waals surface area contributed by atoms with Gasteiger partial charge in [-0.05, 0) is 13.0 Å². The third-order valence-electron chi connectivity index (χ3n) is 2.35. The van der Waals surface area contributed by atoms with Crippen LogP contribution in [0.15, 0.2) is 6.07 Å². The van der Waals surface area contributed by atoms with Crippen LogP contribution in [-0.4, -0.2) is 40.9 Å². The van der Waals surface area contributed by atoms with Gasteiger partial charge in [0.2, 0.25) is 0 Å². The average molecular weight is 317 g/mol. The molecule has 19 heavy (non-hydrogen) atoms. The molecule has 1 rings (SSSR count). The number of aliphatic hydroxyl groups is 1. The molecule has 0 aliphatic heterocycles. The van der Waals surface area contributed by atoms with E-state index < -0.39 is 12.7 Å². The molecule has 108 valence electrons. The van der Waals surface area contributed by atoms with Gasteiger partial charge in [-0.3, -0.25) is 4.90 Å². The smallest absolute Gasteiger partial charge is 0.395 e. The van der Waals surface area contributed by atoms with Gasteiger partial charge in [0.1, 0.15) is 5.15 Å². The number of aliphatic hydroxyl groups excluding tert-OH is 1. The van der Waals surface area contributed by atoms with Gasteiger partial charge in [0.05, 0.1) is 13.2 Å². The number of alkyl halides is 3. The molecule has 0 saturated carbocycles. The Morgan fingerprint density at radius 1 is 1.37 bits per heavy atom. The Hall–Kier alpha value is -0.560. The zero-order valence-corrected chi connectivity index (χ0v) is 11.6. The van der Waals surface area contributed by atoms with E-state index in [1.54, 1.807) is 6.92 Å². The summed E-state index contributed by atoms with van der Waals surface area (Å²) in [5.41, 5.74) is 0.912. The Bertz CT molecular complexity index is 417. The van der Waals surface area contributed by atoms with E-state index in [2.05, 4.69) is 4.98 Å². The van der Waals surface area contributed by atoms with E-state index in [9.17, 15) is 13.2 Å². The molecule has 0 fully saturated rings. The largest absolute Gasteiger partial charge is 0.401 e. The van der Waals surface area contributed by atoms with Crippen LogP contribution >= 0.6 is 23.2 Å². The van der Waals surface area contributed by atoms with Crippen molar-refractivity contribution in [3.8, 4) is 0 Å². The van der Waals surface area contributed by atoms with E-state index in [4.69, 9.17) is 28.3 Å². The van der Waals surface area contributed by atoms with Crippen LogP contribution in [0, 0.1) is 6.92 Å². The summed E-state index contributed by atoms with van der Waals surface area (Å²) < 4.78 is 37.2. The quantitative estimate of drug-likeness (QED) is 0.848. The van der Waals surface area contributed by atoms with E-state index in [-0.39, 0.29) is 29.9 Å². The normalized spacial score (nSPS) is 12.2. The fourth-order valence-corrected chi connectivity index (χ4v) is 2.25. The minimum Gasteiger partial charge on any atom is -0.395 e. The molecule has 1 aromatic rings. The summed E-state index contributed by atoms with van der Waals surface area (Å²) in [6.07, 6.45) is -4.35. The third kappa shape index (κ3) is 5.52. The lowest BCUT2D eigenvalue weighted by molar-refractivity contribution is -0.147. The molecule has 0 unspecified atom stereocenters. The van der Waals surface area contributed by atoms with Crippen molar-refractivity contribution in [3.05, 3.63) is 27.5 Å². The highest BCUT2D eigenvalue weighted by molar-refractivity contribution is 6.35. The molecule has 0 aliphatic carbocycles. The van der Waals surface area contributed by atoms with Gasteiger partial charge in [0.25, 0.3) is 0 Å². The molecule has 0 amide bonds. The van der Waals surface area contributed by atoms with Crippen LogP contribution in [0.5, 0.6) is 0 Å². The summed E-state index contributed by atoms with van der Waals surface area (Å²) >= 11 is 11.8. The predicted octanol–water partition coefficient (Wildman–Crippen LogP) is 3.05. The van der Waals surface area contributed by atoms with Crippen molar-refractivity contribution in [3.63, 3.8) is 0 Å². The number of aromatic nitrogens is 1. The first-order chi connectivity index (χ1) is 8.73. The van der Waals surface area contributed by atoms with Crippen molar-refractivity contribution >= 4 is 23.2 Å². The van der Waals surface area contributed by atoms with E-state index in [0.717, 1.165) is 4.90 Å². The second kappa shape index (κ2) is 6.74. The van der Waals surface area contributed by atoms with Gasteiger partial charge in [0.15, 0.2) is 0 Å². The van der Waals surface area contributed by atoms with Gasteiger partial charge in [0, 0.05) is 29.4 Å². The van der Waals surface area contributed by atoms with Crippen molar-refractivity contribution < 1.29 is 18.3 Å². The van der Waals surface area contributed by atoms with Gasteiger partial charge in [-0.2, -0.15) is 13.2 Å². The van der Waals surface area contributed by atoms with Crippen LogP contribution in [-0.2, 0) is 6.54 Å². The van der Waals surface area contributed by atoms with E-state index in [1.807, 2.05) is 0 Å². The molecule has 8 heteroatoms. The summed E-state index contributed by atoms with van der Waals surface area (Å²) in [6, 6.07) is 1.54. The Kier molecular flexibility index (Phi) is 5.85. The SMILES string of the molecule is Cc1cc(Cl)c(CN(CCO)CC(F)(F)F)c(Cl)n1. The molecular weight excluding hydrogens is 304 g/mol. The van der Waals surface area contributed by atoms with Crippen LogP contribution < -0.4 is 0 Å². The van der Waals surface area contributed by atoms with Crippen molar-refractivity contribution in [2.45, 2.75) is 19.6 Å². The lowest BCUT2D eigenvalue weighted by Crippen LogP contribution is -2.36. The maximum Gasteiger partial charge on any atom is 0.401 e. The Labute approximate surface area is 118 Å². The molecule has 0 radical (unpaired) electrons. The summed E-state index contributed by atoms with van der Waals surface area (Å²) in [5, 5.41) is 9.15. The monoisotopic (exact) mass is 316 g/mol. The van der Waals surface area contributed by atoms with Gasteiger partial charge < -0.3 is 5.11 Å². The summed E-state index contributed by atoms with van der Waals surface area (Å²) in [5.74, 6) is 0. The van der Waals surface area contributed by atoms with Crippen molar-refractivity contribution in [2.75, 3.05) is 19.7 Å². The van der Waals surface area contributed by atoms with Crippen LogP contribution in [0.4, 0.5) is 13.2 Å². The Morgan fingerprint density at radius 3 is 2.47 bits per heavy atom. The van der Waals surface area contributed by atoms with Crippen LogP contribution in [0.3, 0.4) is 0 Å². The van der Waals surface area contributed by atoms with Crippen LogP contribution in [0.25, 0.3) is 0 Å². The molecule has 0 bridgehead atoms. The molecule has 3 nitrogen and oxygen atoms in total. The second-order valence-electron chi connectivity index (χ2n) is 4.06. The Morgan fingerprint density at radius 2 is 2.00 bits per heavy atom.